The summed E-state index contributed by atoms with van der Waals surface area (Å²) in [5.74, 6) is -0.725. The van der Waals surface area contributed by atoms with Gasteiger partial charge in [-0.1, -0.05) is 29.8 Å². The molecule has 0 radical (unpaired) electrons. The maximum absolute atomic E-state index is 12.2. The molecule has 0 aliphatic carbocycles. The molecule has 0 saturated heterocycles. The van der Waals surface area contributed by atoms with E-state index >= 15 is 0 Å². The summed E-state index contributed by atoms with van der Waals surface area (Å²) in [5.41, 5.74) is 2.83. The topological polar surface area (TPSA) is 150 Å². The van der Waals surface area contributed by atoms with Gasteiger partial charge < -0.3 is 5.32 Å². The highest BCUT2D eigenvalue weighted by Gasteiger charge is 2.16. The Balaban J connectivity index is 1.68. The van der Waals surface area contributed by atoms with Crippen molar-refractivity contribution in [1.29, 1.82) is 0 Å². The molecule has 11 nitrogen and oxygen atoms in total. The van der Waals surface area contributed by atoms with Crippen LogP contribution in [0.2, 0.25) is 5.15 Å². The van der Waals surface area contributed by atoms with Crippen molar-refractivity contribution in [3.8, 4) is 5.69 Å². The lowest BCUT2D eigenvalue weighted by molar-refractivity contribution is -0.121. The van der Waals surface area contributed by atoms with Crippen molar-refractivity contribution in [1.82, 2.24) is 30.4 Å². The molecule has 0 spiro atoms. The molecule has 29 heavy (non-hydrogen) atoms. The lowest BCUT2D eigenvalue weighted by atomic mass is 10.3. The van der Waals surface area contributed by atoms with Gasteiger partial charge in [-0.05, 0) is 26.0 Å². The van der Waals surface area contributed by atoms with Crippen molar-refractivity contribution in [3.63, 3.8) is 0 Å². The van der Waals surface area contributed by atoms with Crippen LogP contribution in [0.1, 0.15) is 18.2 Å². The number of amides is 1. The molecule has 2 aromatic heterocycles. The maximum atomic E-state index is 12.2. The summed E-state index contributed by atoms with van der Waals surface area (Å²) in [5, 5.41) is 16.8. The van der Waals surface area contributed by atoms with E-state index in [0.717, 1.165) is 5.69 Å². The number of hydrazone groups is 1. The van der Waals surface area contributed by atoms with Crippen molar-refractivity contribution >= 4 is 29.5 Å². The lowest BCUT2D eigenvalue weighted by Crippen LogP contribution is -2.38. The second-order valence-electron chi connectivity index (χ2n) is 5.99. The third-order valence-corrected chi connectivity index (χ3v) is 4.24. The number of aryl methyl sites for hydroxylation is 1. The van der Waals surface area contributed by atoms with E-state index < -0.39 is 23.2 Å². The van der Waals surface area contributed by atoms with Crippen LogP contribution in [-0.4, -0.2) is 43.1 Å². The fourth-order valence-corrected chi connectivity index (χ4v) is 2.69. The molecule has 150 valence electrons. The van der Waals surface area contributed by atoms with E-state index in [1.807, 2.05) is 35.3 Å². The largest absolute Gasteiger partial charge is 0.353 e. The molecule has 0 fully saturated rings. The van der Waals surface area contributed by atoms with E-state index in [1.54, 1.807) is 11.6 Å². The van der Waals surface area contributed by atoms with E-state index in [2.05, 4.69) is 31.1 Å². The molecule has 3 aromatic rings. The third kappa shape index (κ3) is 4.58. The van der Waals surface area contributed by atoms with Crippen molar-refractivity contribution in [2.45, 2.75) is 19.9 Å². The Labute approximate surface area is 168 Å². The first kappa shape index (κ1) is 20.0. The smallest absolute Gasteiger partial charge is 0.342 e. The molecule has 2 heterocycles. The minimum Gasteiger partial charge on any atom is -0.353 e. The predicted molar refractivity (Wildman–Crippen MR) is 108 cm³/mol. The summed E-state index contributed by atoms with van der Waals surface area (Å²) in [6, 6.07) is 8.50. The highest BCUT2D eigenvalue weighted by molar-refractivity contribution is 6.32. The van der Waals surface area contributed by atoms with Crippen LogP contribution < -0.4 is 22.0 Å². The van der Waals surface area contributed by atoms with Crippen molar-refractivity contribution in [2.24, 2.45) is 5.10 Å². The van der Waals surface area contributed by atoms with Crippen LogP contribution in [0.25, 0.3) is 5.69 Å². The Bertz CT molecular complexity index is 1170. The molecule has 0 bridgehead atoms. The zero-order valence-electron chi connectivity index (χ0n) is 15.4. The van der Waals surface area contributed by atoms with E-state index in [-0.39, 0.29) is 5.82 Å². The van der Waals surface area contributed by atoms with Crippen LogP contribution in [-0.2, 0) is 4.79 Å². The molecule has 0 aliphatic rings. The van der Waals surface area contributed by atoms with Gasteiger partial charge in [0.05, 0.1) is 23.2 Å². The van der Waals surface area contributed by atoms with Crippen LogP contribution in [0, 0.1) is 6.92 Å². The molecular formula is C17H17ClN8O3. The Morgan fingerprint density at radius 2 is 2.03 bits per heavy atom. The summed E-state index contributed by atoms with van der Waals surface area (Å²) >= 11 is 6.39. The second-order valence-corrected chi connectivity index (χ2v) is 6.35. The molecular weight excluding hydrogens is 400 g/mol. The highest BCUT2D eigenvalue weighted by atomic mass is 35.5. The normalized spacial score (nSPS) is 12.1. The van der Waals surface area contributed by atoms with Gasteiger partial charge in [0.1, 0.15) is 11.2 Å². The van der Waals surface area contributed by atoms with Gasteiger partial charge in [0.15, 0.2) is 0 Å². The number of halogens is 1. The molecule has 12 heteroatoms. The zero-order valence-corrected chi connectivity index (χ0v) is 16.2. The van der Waals surface area contributed by atoms with E-state index in [9.17, 15) is 14.4 Å². The number of hydrogen-bond acceptors (Lipinski definition) is 7. The summed E-state index contributed by atoms with van der Waals surface area (Å²) in [6.07, 6.45) is 1.39. The number of anilines is 1. The van der Waals surface area contributed by atoms with Gasteiger partial charge in [-0.25, -0.2) is 20.0 Å². The van der Waals surface area contributed by atoms with Crippen LogP contribution in [0.3, 0.4) is 0 Å². The molecule has 1 atom stereocenters. The van der Waals surface area contributed by atoms with E-state index in [0.29, 0.717) is 16.4 Å². The van der Waals surface area contributed by atoms with Crippen molar-refractivity contribution in [3.05, 3.63) is 67.6 Å². The number of hydrogen-bond donors (Lipinski definition) is 4. The highest BCUT2D eigenvalue weighted by Crippen LogP contribution is 2.21. The number of aromatic amines is 2. The summed E-state index contributed by atoms with van der Waals surface area (Å²) in [6.45, 7) is 3.27. The molecule has 1 unspecified atom stereocenters. The van der Waals surface area contributed by atoms with Gasteiger partial charge in [0.25, 0.3) is 11.5 Å². The van der Waals surface area contributed by atoms with Gasteiger partial charge in [0.2, 0.25) is 5.82 Å². The van der Waals surface area contributed by atoms with Crippen LogP contribution in [0.15, 0.2) is 45.0 Å². The number of rotatable bonds is 6. The molecule has 1 aromatic carbocycles. The Hall–Kier alpha value is -3.73. The van der Waals surface area contributed by atoms with Crippen LogP contribution >= 0.6 is 11.6 Å². The number of carbonyl (C=O) groups excluding carboxylic acids is 1. The van der Waals surface area contributed by atoms with Crippen LogP contribution in [0.5, 0.6) is 0 Å². The average molecular weight is 417 g/mol. The molecule has 0 aliphatic heterocycles. The number of carbonyl (C=O) groups is 1. The molecule has 3 rings (SSSR count). The molecule has 0 saturated carbocycles. The minimum absolute atomic E-state index is 0.195. The number of para-hydroxylation sites is 1. The Morgan fingerprint density at radius 1 is 1.31 bits per heavy atom. The minimum atomic E-state index is -0.852. The fourth-order valence-electron chi connectivity index (χ4n) is 2.37. The number of H-pyrrole nitrogens is 2. The first-order valence-corrected chi connectivity index (χ1v) is 8.83. The summed E-state index contributed by atoms with van der Waals surface area (Å²) in [4.78, 5) is 36.7. The summed E-state index contributed by atoms with van der Waals surface area (Å²) in [7, 11) is 0. The van der Waals surface area contributed by atoms with Crippen LogP contribution in [0.4, 0.5) is 5.82 Å². The monoisotopic (exact) mass is 416 g/mol. The quantitative estimate of drug-likeness (QED) is 0.340. The predicted octanol–water partition coefficient (Wildman–Crippen LogP) is 0.556. The van der Waals surface area contributed by atoms with E-state index in [4.69, 9.17) is 11.6 Å². The molecule has 4 N–H and O–H groups in total. The second kappa shape index (κ2) is 8.52. The number of nitrogens with one attached hydrogen (secondary N) is 4. The molecule has 1 amide bonds. The third-order valence-electron chi connectivity index (χ3n) is 3.88. The van der Waals surface area contributed by atoms with Gasteiger partial charge >= 0.3 is 5.69 Å². The summed E-state index contributed by atoms with van der Waals surface area (Å²) < 4.78 is 1.57. The van der Waals surface area contributed by atoms with E-state index in [1.165, 1.54) is 13.1 Å². The lowest BCUT2D eigenvalue weighted by Gasteiger charge is -2.11. The average Bonchev–Trinajstić information content (AvgIpc) is 2.98. The van der Waals surface area contributed by atoms with Crippen molar-refractivity contribution < 1.29 is 4.79 Å². The first-order valence-electron chi connectivity index (χ1n) is 8.46. The standard InChI is InChI=1S/C17H17ClN8O3/c1-9-12(13(18)26(25-9)11-6-4-3-5-7-11)8-19-23-15(27)10(2)20-14-16(28)21-17(29)24-22-14/h3-8,10H,1-2H3,(H,20,22)(H,23,27)(H2,21,24,28,29). The number of nitrogens with zero attached hydrogens (tertiary/aromatic N) is 4. The zero-order chi connectivity index (χ0) is 21.0. The van der Waals surface area contributed by atoms with Gasteiger partial charge in [-0.2, -0.15) is 10.2 Å². The number of benzene rings is 1. The first-order chi connectivity index (χ1) is 13.9. The van der Waals surface area contributed by atoms with Gasteiger partial charge in [-0.15, -0.1) is 5.10 Å². The Morgan fingerprint density at radius 3 is 2.72 bits per heavy atom. The SMILES string of the molecule is Cc1nn(-c2ccccc2)c(Cl)c1C=NNC(=O)C(C)Nc1n[nH]c(=O)[nH]c1=O. The van der Waals surface area contributed by atoms with Crippen molar-refractivity contribution in [2.75, 3.05) is 5.32 Å². The maximum Gasteiger partial charge on any atom is 0.342 e. The van der Waals surface area contributed by atoms with Gasteiger partial charge in [0, 0.05) is 0 Å². The fraction of sp³-hybridized carbons (Fsp3) is 0.176. The number of aromatic nitrogens is 5. The Kier molecular flexibility index (Phi) is 5.88. The van der Waals surface area contributed by atoms with Gasteiger partial charge in [-0.3, -0.25) is 14.6 Å².